The maximum absolute atomic E-state index is 13.0. The highest BCUT2D eigenvalue weighted by molar-refractivity contribution is 5.94. The van der Waals surface area contributed by atoms with Crippen LogP contribution in [0.2, 0.25) is 0 Å². The maximum atomic E-state index is 13.0. The first kappa shape index (κ1) is 16.4. The van der Waals surface area contributed by atoms with Gasteiger partial charge in [-0.15, -0.1) is 0 Å². The van der Waals surface area contributed by atoms with Gasteiger partial charge in [-0.05, 0) is 49.7 Å². The summed E-state index contributed by atoms with van der Waals surface area (Å²) in [4.78, 5) is 29.5. The van der Waals surface area contributed by atoms with E-state index in [1.165, 1.54) is 25.7 Å². The number of rotatable bonds is 3. The predicted octanol–water partition coefficient (Wildman–Crippen LogP) is 3.33. The Morgan fingerprint density at radius 3 is 2.64 bits per heavy atom. The second-order valence-corrected chi connectivity index (χ2v) is 7.79. The first-order valence-corrected chi connectivity index (χ1v) is 9.62. The minimum atomic E-state index is -0.280. The van der Waals surface area contributed by atoms with Crippen LogP contribution in [0.4, 0.5) is 10.5 Å². The summed E-state index contributed by atoms with van der Waals surface area (Å²) in [5.74, 6) is 1.37. The van der Waals surface area contributed by atoms with Gasteiger partial charge < -0.3 is 15.1 Å². The Kier molecular flexibility index (Phi) is 4.64. The Labute approximate surface area is 149 Å². The van der Waals surface area contributed by atoms with Crippen LogP contribution in [-0.4, -0.2) is 47.4 Å². The van der Waals surface area contributed by atoms with Gasteiger partial charge in [-0.3, -0.25) is 4.79 Å². The van der Waals surface area contributed by atoms with Gasteiger partial charge in [-0.25, -0.2) is 4.79 Å². The summed E-state index contributed by atoms with van der Waals surface area (Å²) in [6.45, 7) is 2.46. The van der Waals surface area contributed by atoms with E-state index in [2.05, 4.69) is 10.2 Å². The third-order valence-corrected chi connectivity index (χ3v) is 6.03. The minimum absolute atomic E-state index is 0.147. The van der Waals surface area contributed by atoms with Gasteiger partial charge in [-0.2, -0.15) is 0 Å². The smallest absolute Gasteiger partial charge is 0.322 e. The number of anilines is 1. The molecular weight excluding hydrogens is 314 g/mol. The van der Waals surface area contributed by atoms with Gasteiger partial charge in [0.15, 0.2) is 0 Å². The van der Waals surface area contributed by atoms with Crippen LogP contribution < -0.4 is 5.32 Å². The first-order valence-electron chi connectivity index (χ1n) is 9.62. The van der Waals surface area contributed by atoms with Crippen molar-refractivity contribution in [3.05, 3.63) is 30.3 Å². The number of carbonyl (C=O) groups excluding carboxylic acids is 2. The lowest BCUT2D eigenvalue weighted by Crippen LogP contribution is -2.61. The molecule has 2 bridgehead atoms. The number of piperidine rings is 2. The second kappa shape index (κ2) is 7.06. The van der Waals surface area contributed by atoms with Gasteiger partial charge in [0, 0.05) is 25.3 Å². The minimum Gasteiger partial charge on any atom is -0.340 e. The second-order valence-electron chi connectivity index (χ2n) is 7.79. The number of nitrogens with one attached hydrogen (secondary N) is 1. The topological polar surface area (TPSA) is 52.7 Å². The van der Waals surface area contributed by atoms with Crippen LogP contribution in [0.3, 0.4) is 0 Å². The van der Waals surface area contributed by atoms with Gasteiger partial charge in [0.1, 0.15) is 6.04 Å². The molecule has 2 atom stereocenters. The normalized spacial score (nSPS) is 26.8. The van der Waals surface area contributed by atoms with E-state index in [0.717, 1.165) is 31.6 Å². The van der Waals surface area contributed by atoms with Crippen molar-refractivity contribution in [3.8, 4) is 0 Å². The summed E-state index contributed by atoms with van der Waals surface area (Å²) >= 11 is 0. The molecule has 2 saturated heterocycles. The van der Waals surface area contributed by atoms with E-state index in [1.807, 2.05) is 30.3 Å². The van der Waals surface area contributed by atoms with Crippen molar-refractivity contribution < 1.29 is 9.59 Å². The summed E-state index contributed by atoms with van der Waals surface area (Å²) in [7, 11) is 0. The molecule has 3 aliphatic rings. The molecule has 1 aliphatic carbocycles. The van der Waals surface area contributed by atoms with Crippen molar-refractivity contribution >= 4 is 17.6 Å². The van der Waals surface area contributed by atoms with Gasteiger partial charge in [0.2, 0.25) is 5.91 Å². The van der Waals surface area contributed by atoms with E-state index >= 15 is 0 Å². The molecule has 0 unspecified atom stereocenters. The van der Waals surface area contributed by atoms with Crippen molar-refractivity contribution in [3.63, 3.8) is 0 Å². The lowest BCUT2D eigenvalue weighted by molar-refractivity contribution is -0.144. The van der Waals surface area contributed by atoms with Crippen LogP contribution >= 0.6 is 0 Å². The molecule has 2 aliphatic heterocycles. The summed E-state index contributed by atoms with van der Waals surface area (Å²) < 4.78 is 0. The van der Waals surface area contributed by atoms with E-state index < -0.39 is 0 Å². The average molecular weight is 341 g/mol. The molecule has 1 saturated carbocycles. The van der Waals surface area contributed by atoms with E-state index in [4.69, 9.17) is 0 Å². The van der Waals surface area contributed by atoms with Crippen LogP contribution in [-0.2, 0) is 4.79 Å². The zero-order valence-electron chi connectivity index (χ0n) is 14.7. The Hall–Kier alpha value is -2.04. The quantitative estimate of drug-likeness (QED) is 0.917. The summed E-state index contributed by atoms with van der Waals surface area (Å²) in [5, 5.41) is 2.94. The number of amides is 3. The fraction of sp³-hybridized carbons (Fsp3) is 0.600. The fourth-order valence-electron chi connectivity index (χ4n) is 4.68. The Morgan fingerprint density at radius 2 is 1.88 bits per heavy atom. The third kappa shape index (κ3) is 3.51. The monoisotopic (exact) mass is 341 g/mol. The highest BCUT2D eigenvalue weighted by atomic mass is 16.2. The van der Waals surface area contributed by atoms with Crippen molar-refractivity contribution in [1.82, 2.24) is 9.80 Å². The summed E-state index contributed by atoms with van der Waals surface area (Å²) in [6, 6.07) is 9.04. The maximum Gasteiger partial charge on any atom is 0.322 e. The Morgan fingerprint density at radius 1 is 1.12 bits per heavy atom. The number of para-hydroxylation sites is 1. The number of hydrogen-bond donors (Lipinski definition) is 1. The molecule has 5 heteroatoms. The van der Waals surface area contributed by atoms with Crippen molar-refractivity contribution in [1.29, 1.82) is 0 Å². The zero-order valence-corrected chi connectivity index (χ0v) is 14.7. The van der Waals surface area contributed by atoms with Crippen LogP contribution in [0.15, 0.2) is 30.3 Å². The molecule has 0 radical (unpaired) electrons. The van der Waals surface area contributed by atoms with Gasteiger partial charge in [0.05, 0.1) is 0 Å². The van der Waals surface area contributed by atoms with E-state index in [0.29, 0.717) is 18.4 Å². The predicted molar refractivity (Wildman–Crippen MR) is 97.2 cm³/mol. The summed E-state index contributed by atoms with van der Waals surface area (Å²) in [5.41, 5.74) is 0.778. The van der Waals surface area contributed by atoms with Gasteiger partial charge in [-0.1, -0.05) is 31.0 Å². The molecule has 1 N–H and O–H groups in total. The van der Waals surface area contributed by atoms with Crippen molar-refractivity contribution in [2.24, 2.45) is 11.8 Å². The molecule has 25 heavy (non-hydrogen) atoms. The van der Waals surface area contributed by atoms with Crippen LogP contribution in [0.1, 0.15) is 38.5 Å². The Balaban J connectivity index is 1.43. The Bertz CT molecular complexity index is 627. The first-order chi connectivity index (χ1) is 12.2. The highest BCUT2D eigenvalue weighted by Gasteiger charge is 2.43. The number of nitrogens with zero attached hydrogens (tertiary/aromatic N) is 2. The molecule has 134 valence electrons. The fourth-order valence-corrected chi connectivity index (χ4v) is 4.68. The van der Waals surface area contributed by atoms with E-state index in [1.54, 1.807) is 4.90 Å². The van der Waals surface area contributed by atoms with E-state index in [-0.39, 0.29) is 18.0 Å². The molecule has 1 aromatic carbocycles. The standard InChI is InChI=1S/C20H27N3O2/c24-19-18-12-16(14-22(19)13-15-6-4-5-7-15)10-11-23(18)20(25)21-17-8-2-1-3-9-17/h1-3,8-9,15-16,18H,4-7,10-14H2,(H,21,25)/t16-,18+/m0/s1. The van der Waals surface area contributed by atoms with Crippen molar-refractivity contribution in [2.45, 2.75) is 44.6 Å². The van der Waals surface area contributed by atoms with Gasteiger partial charge >= 0.3 is 6.03 Å². The number of carbonyl (C=O) groups is 2. The number of benzene rings is 1. The molecule has 0 aromatic heterocycles. The number of likely N-dealkylation sites (tertiary alicyclic amines) is 2. The molecule has 3 amide bonds. The molecule has 5 nitrogen and oxygen atoms in total. The van der Waals surface area contributed by atoms with Crippen molar-refractivity contribution in [2.75, 3.05) is 25.0 Å². The number of fused-ring (bicyclic) bond motifs is 2. The molecule has 3 fully saturated rings. The van der Waals surface area contributed by atoms with Crippen LogP contribution in [0, 0.1) is 11.8 Å². The van der Waals surface area contributed by atoms with E-state index in [9.17, 15) is 9.59 Å². The summed E-state index contributed by atoms with van der Waals surface area (Å²) in [6.07, 6.45) is 6.90. The number of urea groups is 1. The molecular formula is C20H27N3O2. The molecule has 2 heterocycles. The highest BCUT2D eigenvalue weighted by Crippen LogP contribution is 2.33. The third-order valence-electron chi connectivity index (χ3n) is 6.03. The largest absolute Gasteiger partial charge is 0.340 e. The van der Waals surface area contributed by atoms with Gasteiger partial charge in [0.25, 0.3) is 0 Å². The molecule has 0 spiro atoms. The van der Waals surface area contributed by atoms with Crippen LogP contribution in [0.25, 0.3) is 0 Å². The molecule has 1 aromatic rings. The lowest BCUT2D eigenvalue weighted by atomic mass is 9.85. The SMILES string of the molecule is O=C1[C@H]2C[C@H](CCN2C(=O)Nc2ccccc2)CN1CC1CCCC1. The molecule has 4 rings (SSSR count). The number of hydrogen-bond acceptors (Lipinski definition) is 2. The van der Waals surface area contributed by atoms with Crippen LogP contribution in [0.5, 0.6) is 0 Å². The lowest BCUT2D eigenvalue weighted by Gasteiger charge is -2.46. The zero-order chi connectivity index (χ0) is 17.2. The average Bonchev–Trinajstić information content (AvgIpc) is 3.13.